The minimum absolute atomic E-state index is 0.167. The van der Waals surface area contributed by atoms with Crippen LogP contribution >= 0.6 is 0 Å². The lowest BCUT2D eigenvalue weighted by Gasteiger charge is -2.33. The first-order chi connectivity index (χ1) is 16.0. The molecule has 9 heteroatoms. The van der Waals surface area contributed by atoms with Crippen molar-refractivity contribution >= 4 is 23.1 Å². The lowest BCUT2D eigenvalue weighted by molar-refractivity contribution is 0.0581. The number of pyridine rings is 2. The maximum atomic E-state index is 13.6. The standard InChI is InChI=1S/C24H20F2N6O/c25-14-6-7-32-20(10-27-22(32)8-14)17-4-5-19(23-18(17)9-28-24(23)33)30-21-3-1-2-16(29-21)13-31-11-15(26)12-31/h1-8,10,15H,9,11-13H2,(H,28,33)(H,29,30). The summed E-state index contributed by atoms with van der Waals surface area (Å²) in [7, 11) is 0. The second-order valence-electron chi connectivity index (χ2n) is 8.34. The summed E-state index contributed by atoms with van der Waals surface area (Å²) < 4.78 is 28.5. The Labute approximate surface area is 188 Å². The summed E-state index contributed by atoms with van der Waals surface area (Å²) in [6.45, 7) is 1.84. The van der Waals surface area contributed by atoms with Crippen molar-refractivity contribution in [3.8, 4) is 11.3 Å². The summed E-state index contributed by atoms with van der Waals surface area (Å²) >= 11 is 0. The van der Waals surface area contributed by atoms with Gasteiger partial charge < -0.3 is 10.6 Å². The summed E-state index contributed by atoms with van der Waals surface area (Å²) in [6.07, 6.45) is 2.56. The van der Waals surface area contributed by atoms with E-state index in [9.17, 15) is 13.6 Å². The molecule has 0 unspecified atom stereocenters. The van der Waals surface area contributed by atoms with E-state index in [0.29, 0.717) is 48.9 Å². The molecule has 2 N–H and O–H groups in total. The zero-order chi connectivity index (χ0) is 22.5. The molecule has 1 amide bonds. The average molecular weight is 446 g/mol. The highest BCUT2D eigenvalue weighted by Gasteiger charge is 2.28. The highest BCUT2D eigenvalue weighted by atomic mass is 19.1. The summed E-state index contributed by atoms with van der Waals surface area (Å²) in [6, 6.07) is 12.2. The molecule has 1 aromatic carbocycles. The van der Waals surface area contributed by atoms with Crippen LogP contribution in [0.15, 0.2) is 54.9 Å². The van der Waals surface area contributed by atoms with Gasteiger partial charge in [-0.05, 0) is 29.8 Å². The van der Waals surface area contributed by atoms with E-state index in [1.54, 1.807) is 16.8 Å². The number of likely N-dealkylation sites (tertiary alicyclic amines) is 1. The Balaban J connectivity index is 1.34. The number of anilines is 2. The minimum atomic E-state index is -0.752. The van der Waals surface area contributed by atoms with Gasteiger partial charge in [-0.2, -0.15) is 0 Å². The number of benzene rings is 1. The van der Waals surface area contributed by atoms with E-state index in [-0.39, 0.29) is 11.7 Å². The van der Waals surface area contributed by atoms with Crippen LogP contribution in [0.4, 0.5) is 20.3 Å². The van der Waals surface area contributed by atoms with Crippen molar-refractivity contribution in [3.63, 3.8) is 0 Å². The van der Waals surface area contributed by atoms with Crippen molar-refractivity contribution < 1.29 is 13.6 Å². The Morgan fingerprint density at radius 3 is 2.91 bits per heavy atom. The van der Waals surface area contributed by atoms with Crippen LogP contribution in [0, 0.1) is 5.82 Å². The van der Waals surface area contributed by atoms with Crippen LogP contribution in [0.1, 0.15) is 21.6 Å². The van der Waals surface area contributed by atoms with E-state index in [4.69, 9.17) is 0 Å². The number of carbonyl (C=O) groups is 1. The molecule has 5 heterocycles. The maximum absolute atomic E-state index is 13.6. The van der Waals surface area contributed by atoms with E-state index in [2.05, 4.69) is 20.6 Å². The number of nitrogens with zero attached hydrogens (tertiary/aromatic N) is 4. The van der Waals surface area contributed by atoms with Crippen molar-refractivity contribution in [1.29, 1.82) is 0 Å². The van der Waals surface area contributed by atoms with Gasteiger partial charge in [0.1, 0.15) is 23.5 Å². The highest BCUT2D eigenvalue weighted by Crippen LogP contribution is 2.35. The first kappa shape index (κ1) is 19.8. The van der Waals surface area contributed by atoms with Gasteiger partial charge in [-0.1, -0.05) is 12.1 Å². The van der Waals surface area contributed by atoms with Crippen LogP contribution in [-0.2, 0) is 13.1 Å². The number of aromatic nitrogens is 3. The molecular formula is C24H20F2N6O. The lowest BCUT2D eigenvalue weighted by Crippen LogP contribution is -2.47. The number of imidazole rings is 1. The molecule has 0 aliphatic carbocycles. The molecule has 6 rings (SSSR count). The fourth-order valence-corrected chi connectivity index (χ4v) is 4.49. The average Bonchev–Trinajstić information content (AvgIpc) is 3.37. The Kier molecular flexibility index (Phi) is 4.58. The summed E-state index contributed by atoms with van der Waals surface area (Å²) in [5.41, 5.74) is 5.03. The van der Waals surface area contributed by atoms with Crippen LogP contribution < -0.4 is 10.6 Å². The number of alkyl halides is 1. The molecule has 2 aliphatic rings. The fourth-order valence-electron chi connectivity index (χ4n) is 4.49. The van der Waals surface area contributed by atoms with Crippen molar-refractivity contribution in [3.05, 3.63) is 77.5 Å². The summed E-state index contributed by atoms with van der Waals surface area (Å²) in [4.78, 5) is 23.6. The second-order valence-corrected chi connectivity index (χ2v) is 8.34. The molecule has 2 aliphatic heterocycles. The number of hydrogen-bond donors (Lipinski definition) is 2. The second kappa shape index (κ2) is 7.63. The molecule has 33 heavy (non-hydrogen) atoms. The zero-order valence-corrected chi connectivity index (χ0v) is 17.6. The molecule has 4 aromatic rings. The number of fused-ring (bicyclic) bond motifs is 2. The van der Waals surface area contributed by atoms with Crippen LogP contribution in [0.3, 0.4) is 0 Å². The van der Waals surface area contributed by atoms with Gasteiger partial charge in [-0.15, -0.1) is 0 Å². The molecule has 1 fully saturated rings. The summed E-state index contributed by atoms with van der Waals surface area (Å²) in [5.74, 6) is 0.0966. The first-order valence-corrected chi connectivity index (χ1v) is 10.7. The Morgan fingerprint density at radius 2 is 2.06 bits per heavy atom. The molecule has 0 saturated carbocycles. The van der Waals surface area contributed by atoms with Gasteiger partial charge in [0.2, 0.25) is 0 Å². The molecule has 0 spiro atoms. The Bertz CT molecular complexity index is 1400. The lowest BCUT2D eigenvalue weighted by atomic mass is 9.99. The van der Waals surface area contributed by atoms with Gasteiger partial charge in [0.25, 0.3) is 5.91 Å². The van der Waals surface area contributed by atoms with E-state index >= 15 is 0 Å². The molecule has 0 bridgehead atoms. The normalized spacial score (nSPS) is 16.0. The predicted molar refractivity (Wildman–Crippen MR) is 119 cm³/mol. The highest BCUT2D eigenvalue weighted by molar-refractivity contribution is 6.06. The molecule has 0 radical (unpaired) electrons. The SMILES string of the molecule is O=C1NCc2c(-c3cnc4cc(F)ccn34)ccc(Nc3cccc(CN4CC(F)C4)n3)c21. The van der Waals surface area contributed by atoms with Crippen LogP contribution in [0.2, 0.25) is 0 Å². The third-order valence-corrected chi connectivity index (χ3v) is 6.08. The molecule has 7 nitrogen and oxygen atoms in total. The largest absolute Gasteiger partial charge is 0.348 e. The predicted octanol–water partition coefficient (Wildman–Crippen LogP) is 3.68. The molecule has 166 valence electrons. The molecular weight excluding hydrogens is 426 g/mol. The van der Waals surface area contributed by atoms with Gasteiger partial charge in [-0.3, -0.25) is 14.1 Å². The van der Waals surface area contributed by atoms with Crippen molar-refractivity contribution in [2.75, 3.05) is 18.4 Å². The van der Waals surface area contributed by atoms with Gasteiger partial charge in [0, 0.05) is 44.0 Å². The number of hydrogen-bond acceptors (Lipinski definition) is 5. The molecule has 0 atom stereocenters. The van der Waals surface area contributed by atoms with Gasteiger partial charge in [0.15, 0.2) is 0 Å². The number of halogens is 2. The smallest absolute Gasteiger partial charge is 0.254 e. The third-order valence-electron chi connectivity index (χ3n) is 6.08. The van der Waals surface area contributed by atoms with E-state index in [0.717, 1.165) is 22.5 Å². The van der Waals surface area contributed by atoms with Gasteiger partial charge in [0.05, 0.1) is 28.8 Å². The van der Waals surface area contributed by atoms with E-state index < -0.39 is 6.17 Å². The Morgan fingerprint density at radius 1 is 1.18 bits per heavy atom. The van der Waals surface area contributed by atoms with Gasteiger partial charge >= 0.3 is 0 Å². The third kappa shape index (κ3) is 3.50. The number of amides is 1. The quantitative estimate of drug-likeness (QED) is 0.489. The van der Waals surface area contributed by atoms with E-state index in [1.165, 1.54) is 12.1 Å². The number of carbonyl (C=O) groups excluding carboxylic acids is 1. The Hall–Kier alpha value is -3.85. The minimum Gasteiger partial charge on any atom is -0.348 e. The zero-order valence-electron chi connectivity index (χ0n) is 17.6. The van der Waals surface area contributed by atoms with Crippen molar-refractivity contribution in [1.82, 2.24) is 24.6 Å². The van der Waals surface area contributed by atoms with Crippen LogP contribution in [-0.4, -0.2) is 44.4 Å². The molecule has 3 aromatic heterocycles. The fraction of sp³-hybridized carbons (Fsp3) is 0.208. The monoisotopic (exact) mass is 446 g/mol. The van der Waals surface area contributed by atoms with Gasteiger partial charge in [-0.25, -0.2) is 18.7 Å². The van der Waals surface area contributed by atoms with Crippen LogP contribution in [0.25, 0.3) is 16.9 Å². The first-order valence-electron chi connectivity index (χ1n) is 10.7. The van der Waals surface area contributed by atoms with Crippen molar-refractivity contribution in [2.24, 2.45) is 0 Å². The van der Waals surface area contributed by atoms with E-state index in [1.807, 2.05) is 35.2 Å². The number of rotatable bonds is 5. The van der Waals surface area contributed by atoms with Crippen molar-refractivity contribution in [2.45, 2.75) is 19.3 Å². The summed E-state index contributed by atoms with van der Waals surface area (Å²) in [5, 5.41) is 6.17. The topological polar surface area (TPSA) is 74.6 Å². The number of nitrogens with one attached hydrogen (secondary N) is 2. The molecule has 1 saturated heterocycles. The maximum Gasteiger partial charge on any atom is 0.254 e. The van der Waals surface area contributed by atoms with Crippen LogP contribution in [0.5, 0.6) is 0 Å².